The maximum atomic E-state index is 13.7. The lowest BCUT2D eigenvalue weighted by molar-refractivity contribution is 0.607. The van der Waals surface area contributed by atoms with Crippen molar-refractivity contribution in [1.82, 2.24) is 0 Å². The zero-order valence-corrected chi connectivity index (χ0v) is 9.72. The summed E-state index contributed by atoms with van der Waals surface area (Å²) < 4.78 is 27.1. The molecule has 2 N–H and O–H groups in total. The fourth-order valence-electron chi connectivity index (χ4n) is 1.91. The molecule has 0 radical (unpaired) electrons. The third-order valence-corrected chi connectivity index (χ3v) is 2.62. The molecule has 0 aliphatic rings. The molecule has 0 unspecified atom stereocenters. The van der Waals surface area contributed by atoms with Gasteiger partial charge in [0.25, 0.3) is 0 Å². The minimum atomic E-state index is -0.597. The van der Waals surface area contributed by atoms with Gasteiger partial charge in [-0.25, -0.2) is 8.78 Å². The molecule has 0 aliphatic heterocycles. The quantitative estimate of drug-likeness (QED) is 0.744. The van der Waals surface area contributed by atoms with Crippen LogP contribution in [0.4, 0.5) is 14.5 Å². The van der Waals surface area contributed by atoms with Crippen molar-refractivity contribution < 1.29 is 8.78 Å². The van der Waals surface area contributed by atoms with E-state index in [1.54, 1.807) is 0 Å². The van der Waals surface area contributed by atoms with Gasteiger partial charge < -0.3 is 5.73 Å². The van der Waals surface area contributed by atoms with Crippen molar-refractivity contribution in [1.29, 1.82) is 0 Å². The first-order chi connectivity index (χ1) is 7.97. The normalized spacial score (nSPS) is 10.6. The number of halogens is 2. The van der Waals surface area contributed by atoms with E-state index in [1.807, 2.05) is 32.0 Å². The van der Waals surface area contributed by atoms with Gasteiger partial charge in [0, 0.05) is 11.6 Å². The molecular weight excluding hydrogens is 220 g/mol. The van der Waals surface area contributed by atoms with Gasteiger partial charge in [0.2, 0.25) is 0 Å². The average Bonchev–Trinajstić information content (AvgIpc) is 2.22. The van der Waals surface area contributed by atoms with E-state index < -0.39 is 11.6 Å². The van der Waals surface area contributed by atoms with Crippen LogP contribution in [0, 0.1) is 25.5 Å². The summed E-state index contributed by atoms with van der Waals surface area (Å²) in [5.41, 5.74) is 8.07. The van der Waals surface area contributed by atoms with E-state index in [-0.39, 0.29) is 11.3 Å². The van der Waals surface area contributed by atoms with Crippen LogP contribution in [-0.4, -0.2) is 0 Å². The second-order valence-electron chi connectivity index (χ2n) is 4.23. The fraction of sp³-hybridized carbons (Fsp3) is 0.143. The van der Waals surface area contributed by atoms with Crippen molar-refractivity contribution in [2.45, 2.75) is 13.8 Å². The van der Waals surface area contributed by atoms with E-state index in [1.165, 1.54) is 0 Å². The Morgan fingerprint density at radius 3 is 2.00 bits per heavy atom. The Kier molecular flexibility index (Phi) is 2.84. The van der Waals surface area contributed by atoms with Crippen LogP contribution in [0.25, 0.3) is 11.1 Å². The van der Waals surface area contributed by atoms with E-state index in [9.17, 15) is 8.78 Å². The first-order valence-electron chi connectivity index (χ1n) is 5.30. The first-order valence-corrected chi connectivity index (χ1v) is 5.30. The number of benzene rings is 2. The molecule has 0 heterocycles. The number of rotatable bonds is 1. The third kappa shape index (κ3) is 2.28. The minimum Gasteiger partial charge on any atom is -0.396 e. The minimum absolute atomic E-state index is 0.171. The Labute approximate surface area is 98.9 Å². The molecule has 0 amide bonds. The largest absolute Gasteiger partial charge is 0.396 e. The Morgan fingerprint density at radius 2 is 1.41 bits per heavy atom. The Bertz CT molecular complexity index is 556. The summed E-state index contributed by atoms with van der Waals surface area (Å²) in [6, 6.07) is 7.78. The van der Waals surface area contributed by atoms with Gasteiger partial charge in [0.15, 0.2) is 0 Å². The molecule has 2 aromatic carbocycles. The molecule has 0 atom stereocenters. The summed E-state index contributed by atoms with van der Waals surface area (Å²) in [6.07, 6.45) is 0. The maximum Gasteiger partial charge on any atom is 0.146 e. The molecule has 3 heteroatoms. The molecule has 0 aromatic heterocycles. The lowest BCUT2D eigenvalue weighted by Gasteiger charge is -2.08. The molecule has 0 bridgehead atoms. The molecular formula is C14H13F2N. The Balaban J connectivity index is 2.64. The zero-order valence-electron chi connectivity index (χ0n) is 9.72. The van der Waals surface area contributed by atoms with E-state index in [0.717, 1.165) is 23.3 Å². The molecule has 2 rings (SSSR count). The number of hydrogen-bond donors (Lipinski definition) is 1. The Hall–Kier alpha value is -1.90. The van der Waals surface area contributed by atoms with Crippen LogP contribution < -0.4 is 5.73 Å². The van der Waals surface area contributed by atoms with Gasteiger partial charge in [-0.15, -0.1) is 0 Å². The first kappa shape index (κ1) is 11.6. The smallest absolute Gasteiger partial charge is 0.146 e. The molecule has 0 spiro atoms. The van der Waals surface area contributed by atoms with Crippen LogP contribution in [-0.2, 0) is 0 Å². The van der Waals surface area contributed by atoms with Gasteiger partial charge in [-0.05, 0) is 25.5 Å². The van der Waals surface area contributed by atoms with Crippen LogP contribution in [0.15, 0.2) is 30.3 Å². The van der Waals surface area contributed by atoms with Crippen molar-refractivity contribution in [2.24, 2.45) is 0 Å². The highest BCUT2D eigenvalue weighted by atomic mass is 19.1. The number of aryl methyl sites for hydroxylation is 2. The van der Waals surface area contributed by atoms with Gasteiger partial charge in [-0.3, -0.25) is 0 Å². The summed E-state index contributed by atoms with van der Waals surface area (Å²) in [4.78, 5) is 0. The fourth-order valence-corrected chi connectivity index (χ4v) is 1.91. The molecule has 88 valence electrons. The van der Waals surface area contributed by atoms with E-state index in [0.29, 0.717) is 5.56 Å². The Morgan fingerprint density at radius 1 is 0.824 bits per heavy atom. The highest BCUT2D eigenvalue weighted by Gasteiger charge is 2.10. The predicted octanol–water partition coefficient (Wildman–Crippen LogP) is 3.83. The molecule has 0 fully saturated rings. The summed E-state index contributed by atoms with van der Waals surface area (Å²) in [7, 11) is 0. The predicted molar refractivity (Wildman–Crippen MR) is 65.7 cm³/mol. The zero-order chi connectivity index (χ0) is 12.6. The molecule has 17 heavy (non-hydrogen) atoms. The number of nitrogen functional groups attached to an aromatic ring is 1. The molecule has 0 aliphatic carbocycles. The summed E-state index contributed by atoms with van der Waals surface area (Å²) in [5, 5.41) is 0. The van der Waals surface area contributed by atoms with Crippen molar-refractivity contribution in [3.63, 3.8) is 0 Å². The van der Waals surface area contributed by atoms with Crippen molar-refractivity contribution in [3.8, 4) is 11.1 Å². The second kappa shape index (κ2) is 4.17. The van der Waals surface area contributed by atoms with Crippen molar-refractivity contribution >= 4 is 5.69 Å². The number of hydrogen-bond acceptors (Lipinski definition) is 1. The summed E-state index contributed by atoms with van der Waals surface area (Å²) in [5.74, 6) is -1.10. The molecule has 2 aromatic rings. The standard InChI is InChI=1S/C14H13F2N/c1-8-3-9(2)5-10(4-8)11-6-13(16)14(17)7-12(11)15/h3-7H,17H2,1-2H3. The highest BCUT2D eigenvalue weighted by molar-refractivity contribution is 5.68. The second-order valence-corrected chi connectivity index (χ2v) is 4.23. The van der Waals surface area contributed by atoms with Crippen LogP contribution in [0.3, 0.4) is 0 Å². The van der Waals surface area contributed by atoms with Gasteiger partial charge in [0.1, 0.15) is 11.6 Å². The van der Waals surface area contributed by atoms with E-state index in [2.05, 4.69) is 0 Å². The van der Waals surface area contributed by atoms with Gasteiger partial charge in [0.05, 0.1) is 5.69 Å². The van der Waals surface area contributed by atoms with Crippen LogP contribution in [0.2, 0.25) is 0 Å². The average molecular weight is 233 g/mol. The van der Waals surface area contributed by atoms with Gasteiger partial charge in [-0.2, -0.15) is 0 Å². The summed E-state index contributed by atoms with van der Waals surface area (Å²) >= 11 is 0. The number of anilines is 1. The maximum absolute atomic E-state index is 13.7. The van der Waals surface area contributed by atoms with Gasteiger partial charge >= 0.3 is 0 Å². The van der Waals surface area contributed by atoms with Crippen molar-refractivity contribution in [2.75, 3.05) is 5.73 Å². The van der Waals surface area contributed by atoms with E-state index in [4.69, 9.17) is 5.73 Å². The van der Waals surface area contributed by atoms with E-state index >= 15 is 0 Å². The molecule has 0 saturated carbocycles. The highest BCUT2D eigenvalue weighted by Crippen LogP contribution is 2.28. The lowest BCUT2D eigenvalue weighted by atomic mass is 10.00. The lowest BCUT2D eigenvalue weighted by Crippen LogP contribution is -1.95. The van der Waals surface area contributed by atoms with Crippen LogP contribution in [0.5, 0.6) is 0 Å². The van der Waals surface area contributed by atoms with Gasteiger partial charge in [-0.1, -0.05) is 29.3 Å². The van der Waals surface area contributed by atoms with Crippen LogP contribution >= 0.6 is 0 Å². The third-order valence-electron chi connectivity index (χ3n) is 2.62. The monoisotopic (exact) mass is 233 g/mol. The van der Waals surface area contributed by atoms with Crippen molar-refractivity contribution in [3.05, 3.63) is 53.1 Å². The summed E-state index contributed by atoms with van der Waals surface area (Å²) in [6.45, 7) is 3.84. The molecule has 0 saturated heterocycles. The topological polar surface area (TPSA) is 26.0 Å². The SMILES string of the molecule is Cc1cc(C)cc(-c2cc(F)c(N)cc2F)c1. The molecule has 1 nitrogen and oxygen atoms in total. The van der Waals surface area contributed by atoms with Crippen LogP contribution in [0.1, 0.15) is 11.1 Å². The number of nitrogens with two attached hydrogens (primary N) is 1.